The van der Waals surface area contributed by atoms with Crippen molar-refractivity contribution >= 4 is 26.0 Å². The molecule has 0 saturated heterocycles. The zero-order valence-electron chi connectivity index (χ0n) is 23.3. The van der Waals surface area contributed by atoms with E-state index in [4.69, 9.17) is 18.9 Å². The molecule has 2 amide bonds. The number of hydrogen-bond acceptors (Lipinski definition) is 7. The number of pyridine rings is 2. The first-order valence-electron chi connectivity index (χ1n) is 12.7. The molecular weight excluding hydrogens is 486 g/mol. The third-order valence-electron chi connectivity index (χ3n) is 7.29. The number of nitrogens with one attached hydrogen (secondary N) is 1. The normalized spacial score (nSPS) is 13.9. The molecule has 0 fully saturated rings. The van der Waals surface area contributed by atoms with Gasteiger partial charge in [0.1, 0.15) is 23.4 Å². The number of amides is 2. The monoisotopic (exact) mass is 525 g/mol. The third kappa shape index (κ3) is 6.36. The van der Waals surface area contributed by atoms with Crippen molar-refractivity contribution in [3.05, 3.63) is 46.3 Å². The molecule has 0 radical (unpaired) electrons. The molecule has 37 heavy (non-hydrogen) atoms. The summed E-state index contributed by atoms with van der Waals surface area (Å²) in [6.45, 7) is 13.9. The number of aromatic nitrogens is 2. The van der Waals surface area contributed by atoms with Crippen LogP contribution in [0.2, 0.25) is 18.1 Å². The lowest BCUT2D eigenvalue weighted by Crippen LogP contribution is -2.41. The first kappa shape index (κ1) is 28.7. The summed E-state index contributed by atoms with van der Waals surface area (Å²) in [5, 5.41) is 12.2. The molecule has 1 N–H and O–H groups in total. The quantitative estimate of drug-likeness (QED) is 0.347. The Balaban J connectivity index is 1.95. The Kier molecular flexibility index (Phi) is 9.08. The molecule has 200 valence electrons. The second-order valence-corrected chi connectivity index (χ2v) is 15.6. The van der Waals surface area contributed by atoms with Crippen molar-refractivity contribution in [1.29, 1.82) is 5.26 Å². The second kappa shape index (κ2) is 11.7. The summed E-state index contributed by atoms with van der Waals surface area (Å²) in [6, 6.07) is 5.63. The molecule has 0 atom stereocenters. The minimum Gasteiger partial charge on any atom is -0.412 e. The van der Waals surface area contributed by atoms with Gasteiger partial charge in [0.05, 0.1) is 12.2 Å². The van der Waals surface area contributed by atoms with Crippen LogP contribution in [0.4, 0.5) is 16.4 Å². The van der Waals surface area contributed by atoms with Crippen LogP contribution in [0, 0.1) is 11.3 Å². The first-order valence-corrected chi connectivity index (χ1v) is 15.6. The molecule has 2 aromatic rings. The van der Waals surface area contributed by atoms with Crippen LogP contribution in [0.25, 0.3) is 0 Å². The number of methoxy groups -OCH3 is 2. The van der Waals surface area contributed by atoms with Crippen molar-refractivity contribution in [3.8, 4) is 6.07 Å². The van der Waals surface area contributed by atoms with Crippen LogP contribution in [0.15, 0.2) is 18.3 Å². The van der Waals surface area contributed by atoms with E-state index in [1.54, 1.807) is 25.2 Å². The molecule has 10 heteroatoms. The zero-order chi connectivity index (χ0) is 27.4. The molecule has 0 aromatic carbocycles. The fourth-order valence-corrected chi connectivity index (χ4v) is 4.95. The minimum atomic E-state index is -2.00. The number of carbonyl (C=O) groups is 1. The van der Waals surface area contributed by atoms with Gasteiger partial charge in [-0.15, -0.1) is 0 Å². The van der Waals surface area contributed by atoms with Crippen LogP contribution in [0.1, 0.15) is 68.4 Å². The van der Waals surface area contributed by atoms with Gasteiger partial charge in [0.15, 0.2) is 8.32 Å². The minimum absolute atomic E-state index is 0.0721. The van der Waals surface area contributed by atoms with Gasteiger partial charge in [-0.1, -0.05) is 27.7 Å². The Bertz CT molecular complexity index is 1170. The summed E-state index contributed by atoms with van der Waals surface area (Å²) in [5.74, 6) is 0.984. The Hall–Kier alpha value is -2.84. The lowest BCUT2D eigenvalue weighted by molar-refractivity contribution is -0.109. The zero-order valence-corrected chi connectivity index (χ0v) is 24.3. The maximum Gasteiger partial charge on any atom is 0.328 e. The van der Waals surface area contributed by atoms with E-state index in [1.165, 1.54) is 6.20 Å². The van der Waals surface area contributed by atoms with Crippen LogP contribution >= 0.6 is 0 Å². The number of fused-ring (bicyclic) bond motifs is 1. The van der Waals surface area contributed by atoms with Crippen molar-refractivity contribution < 1.29 is 18.7 Å². The predicted octanol–water partition coefficient (Wildman–Crippen LogP) is 5.71. The lowest BCUT2D eigenvalue weighted by atomic mass is 10.0. The number of aryl methyl sites for hydroxylation is 2. The van der Waals surface area contributed by atoms with Gasteiger partial charge < -0.3 is 13.9 Å². The summed E-state index contributed by atoms with van der Waals surface area (Å²) in [4.78, 5) is 24.1. The number of carbonyl (C=O) groups excluding carboxylic acids is 1. The van der Waals surface area contributed by atoms with Crippen LogP contribution in [0.5, 0.6) is 0 Å². The molecule has 3 rings (SSSR count). The lowest BCUT2D eigenvalue weighted by Gasteiger charge is -2.36. The van der Waals surface area contributed by atoms with E-state index in [1.807, 2.05) is 6.92 Å². The van der Waals surface area contributed by atoms with Gasteiger partial charge in [-0.2, -0.15) is 5.26 Å². The number of rotatable bonds is 8. The summed E-state index contributed by atoms with van der Waals surface area (Å²) in [6.07, 6.45) is 3.08. The van der Waals surface area contributed by atoms with E-state index in [2.05, 4.69) is 56.3 Å². The van der Waals surface area contributed by atoms with Gasteiger partial charge in [0.25, 0.3) is 0 Å². The van der Waals surface area contributed by atoms with Crippen LogP contribution in [0.3, 0.4) is 0 Å². The molecular formula is C27H39N5O4Si. The van der Waals surface area contributed by atoms with Gasteiger partial charge in [-0.3, -0.25) is 10.2 Å². The van der Waals surface area contributed by atoms with Crippen LogP contribution in [-0.2, 0) is 33.3 Å². The van der Waals surface area contributed by atoms with Crippen molar-refractivity contribution in [3.63, 3.8) is 0 Å². The fraction of sp³-hybridized carbons (Fsp3) is 0.556. The molecule has 0 bridgehead atoms. The highest BCUT2D eigenvalue weighted by Gasteiger charge is 2.38. The third-order valence-corrected chi connectivity index (χ3v) is 11.8. The SMILES string of the molecule is CCc1cc(NC(=O)N2CCCc3cc(CO[Si](C)(C)C(C)(C)C)c(C(OC)OC)nc32)ncc1C#N. The van der Waals surface area contributed by atoms with E-state index >= 15 is 0 Å². The van der Waals surface area contributed by atoms with E-state index in [-0.39, 0.29) is 11.1 Å². The van der Waals surface area contributed by atoms with Crippen molar-refractivity contribution in [2.24, 2.45) is 0 Å². The standard InChI is InChI=1S/C27H39N5O4Si/c1-9-18-14-22(29-16-21(18)15-28)30-26(33)32-12-10-11-19-13-20(17-36-37(7,8)27(2,3)4)23(31-24(19)32)25(34-5)35-6/h13-14,16,25H,9-12,17H2,1-8H3,(H,29,30,33). The topological polar surface area (TPSA) is 110 Å². The average Bonchev–Trinajstić information content (AvgIpc) is 2.86. The number of urea groups is 1. The highest BCUT2D eigenvalue weighted by molar-refractivity contribution is 6.74. The Labute approximate surface area is 221 Å². The molecule has 3 heterocycles. The summed E-state index contributed by atoms with van der Waals surface area (Å²) < 4.78 is 17.7. The number of nitriles is 1. The van der Waals surface area contributed by atoms with E-state index in [0.717, 1.165) is 29.5 Å². The summed E-state index contributed by atoms with van der Waals surface area (Å²) in [5.41, 5.74) is 3.83. The van der Waals surface area contributed by atoms with Crippen molar-refractivity contribution in [2.75, 3.05) is 31.0 Å². The van der Waals surface area contributed by atoms with Gasteiger partial charge in [-0.05, 0) is 60.7 Å². The van der Waals surface area contributed by atoms with E-state index in [9.17, 15) is 10.1 Å². The number of ether oxygens (including phenoxy) is 2. The molecule has 1 aliphatic rings. The van der Waals surface area contributed by atoms with E-state index in [0.29, 0.717) is 42.5 Å². The molecule has 0 unspecified atom stereocenters. The Morgan fingerprint density at radius 1 is 1.24 bits per heavy atom. The second-order valence-electron chi connectivity index (χ2n) is 10.7. The average molecular weight is 526 g/mol. The largest absolute Gasteiger partial charge is 0.412 e. The van der Waals surface area contributed by atoms with Gasteiger partial charge >= 0.3 is 6.03 Å². The van der Waals surface area contributed by atoms with Gasteiger partial charge in [0.2, 0.25) is 6.29 Å². The Morgan fingerprint density at radius 2 is 1.95 bits per heavy atom. The van der Waals surface area contributed by atoms with Crippen LogP contribution in [-0.4, -0.2) is 45.1 Å². The fourth-order valence-electron chi connectivity index (χ4n) is 4.00. The highest BCUT2D eigenvalue weighted by atomic mass is 28.4. The molecule has 0 saturated carbocycles. The highest BCUT2D eigenvalue weighted by Crippen LogP contribution is 2.38. The maximum atomic E-state index is 13.3. The molecule has 0 spiro atoms. The van der Waals surface area contributed by atoms with Gasteiger partial charge in [-0.25, -0.2) is 14.8 Å². The molecule has 9 nitrogen and oxygen atoms in total. The van der Waals surface area contributed by atoms with Crippen LogP contribution < -0.4 is 10.2 Å². The smallest absolute Gasteiger partial charge is 0.328 e. The molecule has 0 aliphatic carbocycles. The van der Waals surface area contributed by atoms with Crippen molar-refractivity contribution in [1.82, 2.24) is 9.97 Å². The number of anilines is 2. The van der Waals surface area contributed by atoms with Crippen molar-refractivity contribution in [2.45, 2.75) is 78.0 Å². The first-order chi connectivity index (χ1) is 17.4. The number of nitrogens with zero attached hydrogens (tertiary/aromatic N) is 4. The van der Waals surface area contributed by atoms with E-state index < -0.39 is 14.6 Å². The number of hydrogen-bond donors (Lipinski definition) is 1. The maximum absolute atomic E-state index is 13.3. The molecule has 1 aliphatic heterocycles. The predicted molar refractivity (Wildman–Crippen MR) is 146 cm³/mol. The summed E-state index contributed by atoms with van der Waals surface area (Å²) in [7, 11) is 1.14. The summed E-state index contributed by atoms with van der Waals surface area (Å²) >= 11 is 0. The molecule has 2 aromatic heterocycles. The van der Waals surface area contributed by atoms with Gasteiger partial charge in [0, 0.05) is 32.5 Å². The Morgan fingerprint density at radius 3 is 2.54 bits per heavy atom.